The third-order valence-electron chi connectivity index (χ3n) is 2.60. The van der Waals surface area contributed by atoms with E-state index in [1.165, 1.54) is 0 Å². The molecule has 0 radical (unpaired) electrons. The molecule has 1 aromatic rings. The van der Waals surface area contributed by atoms with Gasteiger partial charge < -0.3 is 5.32 Å². The van der Waals surface area contributed by atoms with Crippen molar-refractivity contribution < 1.29 is 4.79 Å². The summed E-state index contributed by atoms with van der Waals surface area (Å²) < 4.78 is 1.73. The second-order valence-electron chi connectivity index (χ2n) is 6.25. The minimum Gasteiger partial charge on any atom is -0.310 e. The minimum atomic E-state index is -0.00682. The van der Waals surface area contributed by atoms with Crippen LogP contribution in [0.3, 0.4) is 0 Å². The third-order valence-corrected chi connectivity index (χ3v) is 3.97. The Hall–Kier alpha value is -0.970. The van der Waals surface area contributed by atoms with Gasteiger partial charge in [0, 0.05) is 18.5 Å². The summed E-state index contributed by atoms with van der Waals surface area (Å²) >= 11 is 1.67. The van der Waals surface area contributed by atoms with Gasteiger partial charge in [0.05, 0.1) is 11.4 Å². The van der Waals surface area contributed by atoms with E-state index < -0.39 is 0 Å². The van der Waals surface area contributed by atoms with Crippen LogP contribution in [0, 0.1) is 5.92 Å². The van der Waals surface area contributed by atoms with Crippen molar-refractivity contribution in [2.45, 2.75) is 40.0 Å². The summed E-state index contributed by atoms with van der Waals surface area (Å²) in [6, 6.07) is 1.95. The van der Waals surface area contributed by atoms with Crippen molar-refractivity contribution in [2.24, 2.45) is 13.0 Å². The number of amides is 1. The van der Waals surface area contributed by atoms with Gasteiger partial charge in [0.2, 0.25) is 5.91 Å². The zero-order valence-corrected chi connectivity index (χ0v) is 13.6. The quantitative estimate of drug-likeness (QED) is 0.903. The van der Waals surface area contributed by atoms with Crippen molar-refractivity contribution in [2.75, 3.05) is 16.8 Å². The van der Waals surface area contributed by atoms with Gasteiger partial charge in [-0.1, -0.05) is 34.6 Å². The monoisotopic (exact) mass is 283 g/mol. The molecule has 1 heterocycles. The van der Waals surface area contributed by atoms with E-state index in [4.69, 9.17) is 0 Å². The Morgan fingerprint density at radius 2 is 2.11 bits per heavy atom. The molecule has 0 bridgehead atoms. The zero-order valence-electron chi connectivity index (χ0n) is 12.8. The van der Waals surface area contributed by atoms with E-state index in [0.717, 1.165) is 17.3 Å². The van der Waals surface area contributed by atoms with Crippen molar-refractivity contribution in [1.29, 1.82) is 0 Å². The molecule has 19 heavy (non-hydrogen) atoms. The summed E-state index contributed by atoms with van der Waals surface area (Å²) in [7, 11) is 1.85. The first-order valence-electron chi connectivity index (χ1n) is 6.62. The van der Waals surface area contributed by atoms with Crippen LogP contribution in [-0.2, 0) is 17.3 Å². The van der Waals surface area contributed by atoms with Gasteiger partial charge in [-0.05, 0) is 11.7 Å². The highest BCUT2D eigenvalue weighted by Gasteiger charge is 2.19. The van der Waals surface area contributed by atoms with E-state index in [9.17, 15) is 4.79 Å². The lowest BCUT2D eigenvalue weighted by Gasteiger charge is -2.13. The Balaban J connectivity index is 2.57. The summed E-state index contributed by atoms with van der Waals surface area (Å²) in [6.07, 6.45) is 0. The molecule has 0 unspecified atom stereocenters. The third kappa shape index (κ3) is 5.27. The van der Waals surface area contributed by atoms with Crippen LogP contribution >= 0.6 is 11.8 Å². The molecule has 0 aliphatic rings. The zero-order chi connectivity index (χ0) is 14.6. The molecule has 1 N–H and O–H groups in total. The topological polar surface area (TPSA) is 46.9 Å². The maximum Gasteiger partial charge on any atom is 0.235 e. The number of rotatable bonds is 5. The maximum absolute atomic E-state index is 11.8. The first-order chi connectivity index (χ1) is 8.70. The van der Waals surface area contributed by atoms with Gasteiger partial charge in [-0.3, -0.25) is 9.48 Å². The van der Waals surface area contributed by atoms with E-state index in [-0.39, 0.29) is 11.3 Å². The second kappa shape index (κ2) is 6.46. The second-order valence-corrected chi connectivity index (χ2v) is 7.28. The predicted octanol–water partition coefficient (Wildman–Crippen LogP) is 3.05. The molecule has 1 aromatic heterocycles. The summed E-state index contributed by atoms with van der Waals surface area (Å²) in [5.74, 6) is 2.91. The van der Waals surface area contributed by atoms with E-state index >= 15 is 0 Å². The number of anilines is 1. The van der Waals surface area contributed by atoms with E-state index in [1.54, 1.807) is 16.4 Å². The molecule has 108 valence electrons. The first-order valence-corrected chi connectivity index (χ1v) is 7.77. The van der Waals surface area contributed by atoms with Gasteiger partial charge in [0.25, 0.3) is 0 Å². The molecule has 0 aliphatic carbocycles. The number of thioether (sulfide) groups is 1. The summed E-state index contributed by atoms with van der Waals surface area (Å²) in [6.45, 7) is 10.6. The highest BCUT2D eigenvalue weighted by molar-refractivity contribution is 7.99. The van der Waals surface area contributed by atoms with Gasteiger partial charge in [-0.25, -0.2) is 0 Å². The fourth-order valence-corrected chi connectivity index (χ4v) is 2.36. The van der Waals surface area contributed by atoms with Crippen LogP contribution in [-0.4, -0.2) is 27.2 Å². The van der Waals surface area contributed by atoms with E-state index in [0.29, 0.717) is 11.7 Å². The molecular formula is C14H25N3OS. The van der Waals surface area contributed by atoms with Crippen LogP contribution in [0.4, 0.5) is 5.82 Å². The molecule has 1 amide bonds. The van der Waals surface area contributed by atoms with Gasteiger partial charge in [-0.15, -0.1) is 0 Å². The van der Waals surface area contributed by atoms with Crippen LogP contribution in [0.15, 0.2) is 6.07 Å². The molecule has 4 nitrogen and oxygen atoms in total. The lowest BCUT2D eigenvalue weighted by Crippen LogP contribution is -2.17. The van der Waals surface area contributed by atoms with Crippen LogP contribution in [0.25, 0.3) is 0 Å². The molecule has 1 rings (SSSR count). The lowest BCUT2D eigenvalue weighted by atomic mass is 9.92. The molecule has 0 aromatic carbocycles. The standard InChI is InChI=1S/C14H25N3OS/c1-10(2)8-19-9-13(18)15-12-7-11(14(3,4)5)16-17(12)6/h7,10H,8-9H2,1-6H3,(H,15,18). The Morgan fingerprint density at radius 1 is 1.47 bits per heavy atom. The van der Waals surface area contributed by atoms with Crippen molar-refractivity contribution in [3.8, 4) is 0 Å². The number of hydrogen-bond acceptors (Lipinski definition) is 3. The number of carbonyl (C=O) groups excluding carboxylic acids is 1. The average molecular weight is 283 g/mol. The van der Waals surface area contributed by atoms with E-state index in [2.05, 4.69) is 45.0 Å². The Morgan fingerprint density at radius 3 is 2.58 bits per heavy atom. The Labute approximate surface area is 120 Å². The first kappa shape index (κ1) is 16.1. The smallest absolute Gasteiger partial charge is 0.235 e. The average Bonchev–Trinajstić information content (AvgIpc) is 2.59. The highest BCUT2D eigenvalue weighted by Crippen LogP contribution is 2.23. The largest absolute Gasteiger partial charge is 0.310 e. The number of carbonyl (C=O) groups is 1. The molecule has 0 spiro atoms. The molecular weight excluding hydrogens is 258 g/mol. The SMILES string of the molecule is CC(C)CSCC(=O)Nc1cc(C(C)(C)C)nn1C. The van der Waals surface area contributed by atoms with Gasteiger partial charge in [0.15, 0.2) is 0 Å². The highest BCUT2D eigenvalue weighted by atomic mass is 32.2. The molecule has 0 fully saturated rings. The van der Waals surface area contributed by atoms with Gasteiger partial charge in [0.1, 0.15) is 5.82 Å². The van der Waals surface area contributed by atoms with Crippen molar-refractivity contribution >= 4 is 23.5 Å². The van der Waals surface area contributed by atoms with Crippen molar-refractivity contribution in [3.63, 3.8) is 0 Å². The fraction of sp³-hybridized carbons (Fsp3) is 0.714. The predicted molar refractivity (Wildman–Crippen MR) is 82.7 cm³/mol. The molecule has 5 heteroatoms. The number of aromatic nitrogens is 2. The van der Waals surface area contributed by atoms with Crippen molar-refractivity contribution in [3.05, 3.63) is 11.8 Å². The maximum atomic E-state index is 11.8. The molecule has 0 atom stereocenters. The van der Waals surface area contributed by atoms with Crippen LogP contribution in [0.1, 0.15) is 40.3 Å². The number of aryl methyl sites for hydroxylation is 1. The van der Waals surface area contributed by atoms with Crippen molar-refractivity contribution in [1.82, 2.24) is 9.78 Å². The molecule has 0 saturated heterocycles. The Bertz CT molecular complexity index is 432. The molecule has 0 aliphatic heterocycles. The fourth-order valence-electron chi connectivity index (χ4n) is 1.52. The van der Waals surface area contributed by atoms with Crippen LogP contribution in [0.5, 0.6) is 0 Å². The number of nitrogens with zero attached hydrogens (tertiary/aromatic N) is 2. The van der Waals surface area contributed by atoms with Crippen LogP contribution < -0.4 is 5.32 Å². The number of hydrogen-bond donors (Lipinski definition) is 1. The van der Waals surface area contributed by atoms with Gasteiger partial charge >= 0.3 is 0 Å². The van der Waals surface area contributed by atoms with Gasteiger partial charge in [-0.2, -0.15) is 16.9 Å². The van der Waals surface area contributed by atoms with Crippen LogP contribution in [0.2, 0.25) is 0 Å². The summed E-state index contributed by atoms with van der Waals surface area (Å²) in [5.41, 5.74) is 0.979. The normalized spacial score (nSPS) is 11.9. The summed E-state index contributed by atoms with van der Waals surface area (Å²) in [5, 5.41) is 7.36. The molecule has 0 saturated carbocycles. The lowest BCUT2D eigenvalue weighted by molar-refractivity contribution is -0.113. The number of nitrogens with one attached hydrogen (secondary N) is 1. The van der Waals surface area contributed by atoms with E-state index in [1.807, 2.05) is 13.1 Å². The Kier molecular flexibility index (Phi) is 5.47. The summed E-state index contributed by atoms with van der Waals surface area (Å²) in [4.78, 5) is 11.8. The minimum absolute atomic E-state index is 0.00682.